The van der Waals surface area contributed by atoms with Gasteiger partial charge in [-0.3, -0.25) is 4.72 Å². The molecule has 0 radical (unpaired) electrons. The summed E-state index contributed by atoms with van der Waals surface area (Å²) in [7, 11) is -1.61. The molecule has 19 heavy (non-hydrogen) atoms. The lowest BCUT2D eigenvalue weighted by Gasteiger charge is -2.04. The molecule has 2 aromatic rings. The third kappa shape index (κ3) is 4.02. The van der Waals surface area contributed by atoms with Gasteiger partial charge >= 0.3 is 0 Å². The number of ether oxygens (including phenoxy) is 1. The Kier molecular flexibility index (Phi) is 4.18. The maximum absolute atomic E-state index is 11.1. The highest BCUT2D eigenvalue weighted by atomic mass is 32.2. The molecule has 1 heterocycles. The van der Waals surface area contributed by atoms with Crippen molar-refractivity contribution in [2.75, 3.05) is 18.1 Å². The van der Waals surface area contributed by atoms with Crippen molar-refractivity contribution in [1.82, 2.24) is 4.98 Å². The Hall–Kier alpha value is -1.44. The van der Waals surface area contributed by atoms with E-state index in [4.69, 9.17) is 4.74 Å². The first-order valence-corrected chi connectivity index (χ1v) is 8.26. The van der Waals surface area contributed by atoms with Crippen LogP contribution in [0.25, 0.3) is 11.3 Å². The predicted molar refractivity (Wildman–Crippen MR) is 76.7 cm³/mol. The zero-order valence-corrected chi connectivity index (χ0v) is 12.2. The van der Waals surface area contributed by atoms with E-state index in [1.807, 2.05) is 17.5 Å². The Balaban J connectivity index is 2.17. The van der Waals surface area contributed by atoms with Gasteiger partial charge in [-0.2, -0.15) is 0 Å². The number of aromatic nitrogens is 1. The van der Waals surface area contributed by atoms with Crippen LogP contribution >= 0.6 is 11.3 Å². The zero-order chi connectivity index (χ0) is 13.9. The van der Waals surface area contributed by atoms with Crippen LogP contribution in [0.15, 0.2) is 29.6 Å². The minimum absolute atomic E-state index is 0.498. The van der Waals surface area contributed by atoms with Crippen molar-refractivity contribution in [2.45, 2.75) is 6.61 Å². The third-order valence-electron chi connectivity index (χ3n) is 2.30. The maximum atomic E-state index is 11.1. The van der Waals surface area contributed by atoms with Crippen LogP contribution < -0.4 is 4.72 Å². The number of benzene rings is 1. The molecule has 7 heteroatoms. The van der Waals surface area contributed by atoms with Gasteiger partial charge in [-0.15, -0.1) is 11.3 Å². The summed E-state index contributed by atoms with van der Waals surface area (Å²) in [5.74, 6) is 0. The van der Waals surface area contributed by atoms with Crippen LogP contribution in [0.1, 0.15) is 5.01 Å². The van der Waals surface area contributed by atoms with Crippen molar-refractivity contribution in [3.05, 3.63) is 34.7 Å². The molecule has 0 saturated carbocycles. The second kappa shape index (κ2) is 5.68. The van der Waals surface area contributed by atoms with Gasteiger partial charge in [0, 0.05) is 23.7 Å². The number of hydrogen-bond donors (Lipinski definition) is 1. The number of hydrogen-bond acceptors (Lipinski definition) is 5. The average Bonchev–Trinajstić information content (AvgIpc) is 2.77. The van der Waals surface area contributed by atoms with Crippen LogP contribution in [-0.2, 0) is 21.4 Å². The highest BCUT2D eigenvalue weighted by Crippen LogP contribution is 2.24. The largest absolute Gasteiger partial charge is 0.378 e. The fourth-order valence-corrected chi connectivity index (χ4v) is 2.89. The van der Waals surface area contributed by atoms with Crippen LogP contribution in [0.3, 0.4) is 0 Å². The molecule has 0 aliphatic rings. The summed E-state index contributed by atoms with van der Waals surface area (Å²) in [6, 6.07) is 7.09. The summed E-state index contributed by atoms with van der Waals surface area (Å²) in [4.78, 5) is 4.43. The summed E-state index contributed by atoms with van der Waals surface area (Å²) in [6.45, 7) is 0.498. The second-order valence-corrected chi connectivity index (χ2v) is 6.70. The van der Waals surface area contributed by atoms with Crippen molar-refractivity contribution < 1.29 is 13.2 Å². The number of thiazole rings is 1. The molecule has 1 aromatic carbocycles. The van der Waals surface area contributed by atoms with Crippen LogP contribution in [0.2, 0.25) is 0 Å². The van der Waals surface area contributed by atoms with Gasteiger partial charge in [0.05, 0.1) is 18.6 Å². The molecule has 0 spiro atoms. The van der Waals surface area contributed by atoms with Gasteiger partial charge in [-0.1, -0.05) is 12.1 Å². The smallest absolute Gasteiger partial charge is 0.229 e. The van der Waals surface area contributed by atoms with Crippen molar-refractivity contribution in [2.24, 2.45) is 0 Å². The van der Waals surface area contributed by atoms with E-state index in [0.717, 1.165) is 22.5 Å². The molecular weight excluding hydrogens is 284 g/mol. The number of sulfonamides is 1. The number of methoxy groups -OCH3 is 1. The summed E-state index contributed by atoms with van der Waals surface area (Å²) in [5, 5.41) is 2.86. The molecule has 0 atom stereocenters. The Morgan fingerprint density at radius 2 is 2.00 bits per heavy atom. The molecule has 0 aliphatic carbocycles. The monoisotopic (exact) mass is 298 g/mol. The Morgan fingerprint density at radius 1 is 1.32 bits per heavy atom. The summed E-state index contributed by atoms with van der Waals surface area (Å²) < 4.78 is 29.6. The van der Waals surface area contributed by atoms with Gasteiger partial charge in [0.2, 0.25) is 10.0 Å². The van der Waals surface area contributed by atoms with E-state index in [2.05, 4.69) is 9.71 Å². The average molecular weight is 298 g/mol. The van der Waals surface area contributed by atoms with Crippen molar-refractivity contribution in [3.8, 4) is 11.3 Å². The van der Waals surface area contributed by atoms with E-state index in [9.17, 15) is 8.42 Å². The van der Waals surface area contributed by atoms with Crippen LogP contribution in [-0.4, -0.2) is 26.8 Å². The molecule has 0 fully saturated rings. The number of nitrogens with zero attached hydrogens (tertiary/aromatic N) is 1. The summed E-state index contributed by atoms with van der Waals surface area (Å²) in [6.07, 6.45) is 1.12. The molecule has 0 aliphatic heterocycles. The van der Waals surface area contributed by atoms with Gasteiger partial charge in [0.1, 0.15) is 5.01 Å². The van der Waals surface area contributed by atoms with Gasteiger partial charge in [0.25, 0.3) is 0 Å². The van der Waals surface area contributed by atoms with E-state index in [1.165, 1.54) is 11.3 Å². The first-order valence-electron chi connectivity index (χ1n) is 5.49. The lowest BCUT2D eigenvalue weighted by molar-refractivity contribution is 0.184. The fourth-order valence-electron chi connectivity index (χ4n) is 1.56. The lowest BCUT2D eigenvalue weighted by atomic mass is 10.1. The zero-order valence-electron chi connectivity index (χ0n) is 10.6. The minimum Gasteiger partial charge on any atom is -0.378 e. The molecule has 0 unspecified atom stereocenters. The highest BCUT2D eigenvalue weighted by molar-refractivity contribution is 7.92. The van der Waals surface area contributed by atoms with Crippen LogP contribution in [0.4, 0.5) is 5.69 Å². The van der Waals surface area contributed by atoms with E-state index in [1.54, 1.807) is 19.2 Å². The van der Waals surface area contributed by atoms with E-state index in [-0.39, 0.29) is 0 Å². The van der Waals surface area contributed by atoms with E-state index < -0.39 is 10.0 Å². The Labute approximate surface area is 116 Å². The quantitative estimate of drug-likeness (QED) is 0.920. The van der Waals surface area contributed by atoms with Gasteiger partial charge < -0.3 is 4.74 Å². The summed E-state index contributed by atoms with van der Waals surface area (Å²) in [5.41, 5.74) is 2.35. The molecule has 102 valence electrons. The number of anilines is 1. The van der Waals surface area contributed by atoms with Crippen molar-refractivity contribution >= 4 is 27.0 Å². The summed E-state index contributed by atoms with van der Waals surface area (Å²) >= 11 is 1.54. The molecule has 1 N–H and O–H groups in total. The normalized spacial score (nSPS) is 11.5. The number of nitrogens with one attached hydrogen (secondary N) is 1. The van der Waals surface area contributed by atoms with Crippen LogP contribution in [0, 0.1) is 0 Å². The second-order valence-electron chi connectivity index (χ2n) is 4.01. The predicted octanol–water partition coefficient (Wildman–Crippen LogP) is 2.33. The van der Waals surface area contributed by atoms with Crippen molar-refractivity contribution in [1.29, 1.82) is 0 Å². The third-order valence-corrected chi connectivity index (χ3v) is 3.73. The molecule has 2 rings (SSSR count). The van der Waals surface area contributed by atoms with Crippen molar-refractivity contribution in [3.63, 3.8) is 0 Å². The standard InChI is InChI=1S/C12H14N2O3S2/c1-17-7-12-13-11(8-18-12)9-3-5-10(6-4-9)14-19(2,15)16/h3-6,8,14H,7H2,1-2H3. The molecular formula is C12H14N2O3S2. The molecule has 0 amide bonds. The minimum atomic E-state index is -3.24. The number of rotatable bonds is 5. The lowest BCUT2D eigenvalue weighted by Crippen LogP contribution is -2.09. The molecule has 1 aromatic heterocycles. The highest BCUT2D eigenvalue weighted by Gasteiger charge is 2.06. The Morgan fingerprint density at radius 3 is 2.58 bits per heavy atom. The van der Waals surface area contributed by atoms with E-state index >= 15 is 0 Å². The molecule has 5 nitrogen and oxygen atoms in total. The van der Waals surface area contributed by atoms with Gasteiger partial charge in [0.15, 0.2) is 0 Å². The van der Waals surface area contributed by atoms with Gasteiger partial charge in [-0.05, 0) is 12.1 Å². The van der Waals surface area contributed by atoms with E-state index in [0.29, 0.717) is 12.3 Å². The maximum Gasteiger partial charge on any atom is 0.229 e. The first-order chi connectivity index (χ1) is 8.98. The molecule has 0 saturated heterocycles. The molecule has 0 bridgehead atoms. The fraction of sp³-hybridized carbons (Fsp3) is 0.250. The first kappa shape index (κ1) is 14.0. The SMILES string of the molecule is COCc1nc(-c2ccc(NS(C)(=O)=O)cc2)cs1. The van der Waals surface area contributed by atoms with Crippen LogP contribution in [0.5, 0.6) is 0 Å². The Bertz CT molecular complexity index is 648. The van der Waals surface area contributed by atoms with Gasteiger partial charge in [-0.25, -0.2) is 13.4 Å². The topological polar surface area (TPSA) is 68.3 Å².